The number of ether oxygens (including phenoxy) is 1. The van der Waals surface area contributed by atoms with Gasteiger partial charge in [-0.2, -0.15) is 0 Å². The van der Waals surface area contributed by atoms with E-state index in [1.807, 2.05) is 0 Å². The van der Waals surface area contributed by atoms with Crippen LogP contribution in [-0.4, -0.2) is 36.0 Å². The Balaban J connectivity index is 1.86. The van der Waals surface area contributed by atoms with E-state index in [1.165, 1.54) is 11.0 Å². The van der Waals surface area contributed by atoms with E-state index in [9.17, 15) is 9.59 Å². The SMILES string of the molecule is CN(CCOc1ccc(Cl)cc1)C(=O)c1cccc(=O)[nH]1. The van der Waals surface area contributed by atoms with Crippen LogP contribution in [0.4, 0.5) is 0 Å². The summed E-state index contributed by atoms with van der Waals surface area (Å²) in [6, 6.07) is 11.5. The highest BCUT2D eigenvalue weighted by atomic mass is 35.5. The third-order valence-corrected chi connectivity index (χ3v) is 3.11. The van der Waals surface area contributed by atoms with Crippen LogP contribution in [0, 0.1) is 0 Å². The second-order valence-corrected chi connectivity index (χ2v) is 4.89. The summed E-state index contributed by atoms with van der Waals surface area (Å²) < 4.78 is 5.52. The Bertz CT molecular complexity index is 667. The molecule has 6 heteroatoms. The fraction of sp³-hybridized carbons (Fsp3) is 0.200. The molecule has 0 fully saturated rings. The Morgan fingerprint density at radius 3 is 2.62 bits per heavy atom. The fourth-order valence-electron chi connectivity index (χ4n) is 1.71. The Morgan fingerprint density at radius 1 is 1.24 bits per heavy atom. The summed E-state index contributed by atoms with van der Waals surface area (Å²) in [7, 11) is 1.65. The van der Waals surface area contributed by atoms with Gasteiger partial charge < -0.3 is 14.6 Å². The fourth-order valence-corrected chi connectivity index (χ4v) is 1.84. The van der Waals surface area contributed by atoms with E-state index in [0.717, 1.165) is 0 Å². The Labute approximate surface area is 127 Å². The van der Waals surface area contributed by atoms with Gasteiger partial charge in [0.2, 0.25) is 5.56 Å². The molecule has 0 radical (unpaired) electrons. The first-order valence-corrected chi connectivity index (χ1v) is 6.77. The predicted octanol–water partition coefficient (Wildman–Crippen LogP) is 2.18. The molecule has 0 atom stereocenters. The van der Waals surface area contributed by atoms with Crippen LogP contribution in [-0.2, 0) is 0 Å². The third kappa shape index (κ3) is 4.36. The molecule has 0 aliphatic rings. The highest BCUT2D eigenvalue weighted by Gasteiger charge is 2.12. The molecule has 1 aromatic heterocycles. The summed E-state index contributed by atoms with van der Waals surface area (Å²) in [6.45, 7) is 0.749. The summed E-state index contributed by atoms with van der Waals surface area (Å²) >= 11 is 5.78. The average molecular weight is 307 g/mol. The number of aromatic nitrogens is 1. The zero-order chi connectivity index (χ0) is 15.2. The highest BCUT2D eigenvalue weighted by molar-refractivity contribution is 6.30. The molecule has 0 saturated carbocycles. The van der Waals surface area contributed by atoms with E-state index < -0.39 is 0 Å². The van der Waals surface area contributed by atoms with Crippen molar-refractivity contribution in [3.05, 3.63) is 63.5 Å². The normalized spacial score (nSPS) is 10.2. The van der Waals surface area contributed by atoms with Crippen LogP contribution in [0.5, 0.6) is 5.75 Å². The van der Waals surface area contributed by atoms with E-state index in [1.54, 1.807) is 43.4 Å². The summed E-state index contributed by atoms with van der Waals surface area (Å²) in [5, 5.41) is 0.641. The van der Waals surface area contributed by atoms with Crippen molar-refractivity contribution in [3.8, 4) is 5.75 Å². The van der Waals surface area contributed by atoms with Crippen molar-refractivity contribution in [2.45, 2.75) is 0 Å². The second kappa shape index (κ2) is 6.95. The minimum absolute atomic E-state index is 0.257. The van der Waals surface area contributed by atoms with Crippen LogP contribution in [0.25, 0.3) is 0 Å². The molecule has 0 aliphatic heterocycles. The molecule has 2 aromatic rings. The van der Waals surface area contributed by atoms with Crippen LogP contribution < -0.4 is 10.3 Å². The number of benzene rings is 1. The molecule has 1 aromatic carbocycles. The molecular weight excluding hydrogens is 292 g/mol. The Kier molecular flexibility index (Phi) is 5.00. The molecule has 0 spiro atoms. The van der Waals surface area contributed by atoms with E-state index in [-0.39, 0.29) is 17.2 Å². The average Bonchev–Trinajstić information content (AvgIpc) is 2.48. The maximum absolute atomic E-state index is 12.1. The number of carbonyl (C=O) groups excluding carboxylic acids is 1. The van der Waals surface area contributed by atoms with Gasteiger partial charge in [0.05, 0.1) is 6.54 Å². The van der Waals surface area contributed by atoms with Crippen LogP contribution in [0.15, 0.2) is 47.3 Å². The van der Waals surface area contributed by atoms with Gasteiger partial charge in [-0.15, -0.1) is 0 Å². The molecule has 21 heavy (non-hydrogen) atoms. The number of pyridine rings is 1. The molecule has 0 saturated heterocycles. The maximum Gasteiger partial charge on any atom is 0.270 e. The number of amides is 1. The number of halogens is 1. The Hall–Kier alpha value is -2.27. The maximum atomic E-state index is 12.1. The monoisotopic (exact) mass is 306 g/mol. The number of likely N-dealkylation sites (N-methyl/N-ethyl adjacent to an activating group) is 1. The molecule has 2 rings (SSSR count). The van der Waals surface area contributed by atoms with Crippen molar-refractivity contribution in [1.29, 1.82) is 0 Å². The smallest absolute Gasteiger partial charge is 0.270 e. The second-order valence-electron chi connectivity index (χ2n) is 4.46. The van der Waals surface area contributed by atoms with Crippen molar-refractivity contribution in [2.75, 3.05) is 20.2 Å². The molecule has 110 valence electrons. The summed E-state index contributed by atoms with van der Waals surface area (Å²) in [5.74, 6) is 0.431. The number of H-pyrrole nitrogens is 1. The predicted molar refractivity (Wildman–Crippen MR) is 81.0 cm³/mol. The number of nitrogens with one attached hydrogen (secondary N) is 1. The molecule has 0 aliphatic carbocycles. The van der Waals surface area contributed by atoms with Gasteiger partial charge in [-0.05, 0) is 30.3 Å². The minimum Gasteiger partial charge on any atom is -0.492 e. The Morgan fingerprint density at radius 2 is 1.95 bits per heavy atom. The molecule has 1 N–H and O–H groups in total. The van der Waals surface area contributed by atoms with Gasteiger partial charge in [0, 0.05) is 18.1 Å². The number of aromatic amines is 1. The number of rotatable bonds is 5. The first kappa shape index (κ1) is 15.1. The third-order valence-electron chi connectivity index (χ3n) is 2.85. The van der Waals surface area contributed by atoms with Crippen LogP contribution >= 0.6 is 11.6 Å². The lowest BCUT2D eigenvalue weighted by molar-refractivity contribution is 0.0767. The van der Waals surface area contributed by atoms with Gasteiger partial charge in [0.1, 0.15) is 18.1 Å². The molecule has 0 bridgehead atoms. The van der Waals surface area contributed by atoms with Gasteiger partial charge in [0.15, 0.2) is 0 Å². The molecule has 0 unspecified atom stereocenters. The molecule has 5 nitrogen and oxygen atoms in total. The lowest BCUT2D eigenvalue weighted by Crippen LogP contribution is -2.32. The van der Waals surface area contributed by atoms with Gasteiger partial charge >= 0.3 is 0 Å². The van der Waals surface area contributed by atoms with Crippen LogP contribution in [0.1, 0.15) is 10.5 Å². The van der Waals surface area contributed by atoms with Crippen LogP contribution in [0.3, 0.4) is 0 Å². The lowest BCUT2D eigenvalue weighted by atomic mass is 10.3. The zero-order valence-electron chi connectivity index (χ0n) is 11.5. The number of carbonyl (C=O) groups is 1. The van der Waals surface area contributed by atoms with Crippen molar-refractivity contribution < 1.29 is 9.53 Å². The van der Waals surface area contributed by atoms with Crippen molar-refractivity contribution >= 4 is 17.5 Å². The van der Waals surface area contributed by atoms with Crippen molar-refractivity contribution in [1.82, 2.24) is 9.88 Å². The summed E-state index contributed by atoms with van der Waals surface area (Å²) in [4.78, 5) is 27.2. The van der Waals surface area contributed by atoms with E-state index >= 15 is 0 Å². The lowest BCUT2D eigenvalue weighted by Gasteiger charge is -2.17. The van der Waals surface area contributed by atoms with Gasteiger partial charge in [-0.3, -0.25) is 9.59 Å². The summed E-state index contributed by atoms with van der Waals surface area (Å²) in [5.41, 5.74) is -0.0387. The van der Waals surface area contributed by atoms with E-state index in [2.05, 4.69) is 4.98 Å². The van der Waals surface area contributed by atoms with Crippen LogP contribution in [0.2, 0.25) is 5.02 Å². The van der Waals surface area contributed by atoms with E-state index in [4.69, 9.17) is 16.3 Å². The highest BCUT2D eigenvalue weighted by Crippen LogP contribution is 2.15. The molecular formula is C15H15ClN2O3. The minimum atomic E-state index is -0.299. The van der Waals surface area contributed by atoms with Gasteiger partial charge in [-0.25, -0.2) is 0 Å². The standard InChI is InChI=1S/C15H15ClN2O3/c1-18(15(20)13-3-2-4-14(19)17-13)9-10-21-12-7-5-11(16)6-8-12/h2-8H,9-10H2,1H3,(H,17,19). The number of hydrogen-bond donors (Lipinski definition) is 1. The number of hydrogen-bond acceptors (Lipinski definition) is 3. The van der Waals surface area contributed by atoms with Crippen molar-refractivity contribution in [3.63, 3.8) is 0 Å². The van der Waals surface area contributed by atoms with E-state index in [0.29, 0.717) is 23.9 Å². The van der Waals surface area contributed by atoms with Gasteiger partial charge in [-0.1, -0.05) is 17.7 Å². The largest absolute Gasteiger partial charge is 0.492 e. The zero-order valence-corrected chi connectivity index (χ0v) is 12.3. The first-order chi connectivity index (χ1) is 10.1. The molecule has 1 heterocycles. The topological polar surface area (TPSA) is 62.4 Å². The van der Waals surface area contributed by atoms with Crippen molar-refractivity contribution in [2.24, 2.45) is 0 Å². The molecule has 1 amide bonds. The quantitative estimate of drug-likeness (QED) is 0.921. The number of nitrogens with zero attached hydrogens (tertiary/aromatic N) is 1. The summed E-state index contributed by atoms with van der Waals surface area (Å²) in [6.07, 6.45) is 0. The van der Waals surface area contributed by atoms with Gasteiger partial charge in [0.25, 0.3) is 5.91 Å². The first-order valence-electron chi connectivity index (χ1n) is 6.39.